The van der Waals surface area contributed by atoms with Crippen LogP contribution in [0.2, 0.25) is 0 Å². The van der Waals surface area contributed by atoms with E-state index < -0.39 is 28.8 Å². The standard InChI is InChI=1S/C29H32N4O5.C2HF3O2/c1-37-20-7-8-23-22(17-20)21-9-12-33(14-11-30-24-25(34)27(36)26(24)35)29(28(21)31-23)10-13-32(18-29)15-16-38-19-5-3-2-4-6-19;3-2(4,5)1(6)7/h2-8,17,30-31,34H,9-16,18H2,1H3;(H,6,7)/t29-;/m0./s1. The number of ether oxygens (including phenoxy) is 2. The fraction of sp³-hybridized carbons (Fsp3) is 0.387. The molecular formula is C31H33F3N4O7. The molecule has 0 aliphatic carbocycles. The quantitative estimate of drug-likeness (QED) is 0.204. The molecule has 0 amide bonds. The number of halogens is 3. The van der Waals surface area contributed by atoms with E-state index >= 15 is 0 Å². The first-order valence-electron chi connectivity index (χ1n) is 14.3. The lowest BCUT2D eigenvalue weighted by molar-refractivity contribution is -0.192. The number of hydrogen-bond acceptors (Lipinski definition) is 9. The zero-order chi connectivity index (χ0) is 32.4. The smallest absolute Gasteiger partial charge is 0.490 e. The molecule has 1 atom stereocenters. The Morgan fingerprint density at radius 3 is 2.47 bits per heavy atom. The number of nitrogens with zero attached hydrogens (tertiary/aromatic N) is 2. The molecule has 2 aliphatic rings. The van der Waals surface area contributed by atoms with Crippen molar-refractivity contribution in [2.24, 2.45) is 0 Å². The molecule has 1 aromatic heterocycles. The number of likely N-dealkylation sites (tertiary alicyclic amines) is 1. The Bertz CT molecular complexity index is 1730. The Morgan fingerprint density at radius 2 is 1.80 bits per heavy atom. The molecule has 0 bridgehead atoms. The summed E-state index contributed by atoms with van der Waals surface area (Å²) >= 11 is 0. The number of aliphatic carboxylic acids is 1. The van der Waals surface area contributed by atoms with Gasteiger partial charge in [0, 0.05) is 55.9 Å². The number of H-pyrrole nitrogens is 1. The van der Waals surface area contributed by atoms with Gasteiger partial charge in [-0.05, 0) is 48.7 Å². The van der Waals surface area contributed by atoms with E-state index in [1.54, 1.807) is 7.11 Å². The monoisotopic (exact) mass is 630 g/mol. The van der Waals surface area contributed by atoms with Crippen LogP contribution in [0.25, 0.3) is 10.9 Å². The number of rotatable bonds is 9. The Labute approximate surface area is 255 Å². The van der Waals surface area contributed by atoms with E-state index in [1.807, 2.05) is 36.4 Å². The summed E-state index contributed by atoms with van der Waals surface area (Å²) in [5.41, 5.74) is 2.04. The molecule has 1 fully saturated rings. The van der Waals surface area contributed by atoms with Crippen LogP contribution in [-0.2, 0) is 16.8 Å². The molecule has 0 radical (unpaired) electrons. The number of aromatic amines is 1. The fourth-order valence-electron chi connectivity index (χ4n) is 6.15. The van der Waals surface area contributed by atoms with Crippen LogP contribution >= 0.6 is 0 Å². The van der Waals surface area contributed by atoms with Gasteiger partial charge in [-0.25, -0.2) is 4.79 Å². The number of carbonyl (C=O) groups is 1. The Balaban J connectivity index is 0.000000515. The number of fused-ring (bicyclic) bond motifs is 4. The summed E-state index contributed by atoms with van der Waals surface area (Å²) in [6, 6.07) is 16.1. The van der Waals surface area contributed by atoms with Gasteiger partial charge in [-0.15, -0.1) is 0 Å². The van der Waals surface area contributed by atoms with E-state index in [4.69, 9.17) is 19.4 Å². The summed E-state index contributed by atoms with van der Waals surface area (Å²) in [5, 5.41) is 21.1. The van der Waals surface area contributed by atoms with Crippen LogP contribution in [0.15, 0.2) is 58.1 Å². The topological polar surface area (TPSA) is 144 Å². The average Bonchev–Trinajstić information content (AvgIpc) is 3.62. The average molecular weight is 631 g/mol. The van der Waals surface area contributed by atoms with Crippen LogP contribution in [0.5, 0.6) is 17.2 Å². The van der Waals surface area contributed by atoms with Crippen molar-refractivity contribution in [2.45, 2.75) is 24.6 Å². The zero-order valence-corrected chi connectivity index (χ0v) is 24.4. The number of aromatic hydroxyl groups is 1. The molecule has 1 spiro atoms. The van der Waals surface area contributed by atoms with Gasteiger partial charge in [-0.3, -0.25) is 19.4 Å². The van der Waals surface area contributed by atoms with Gasteiger partial charge in [-0.1, -0.05) is 18.2 Å². The Hall–Kier alpha value is -4.56. The first-order valence-corrected chi connectivity index (χ1v) is 14.3. The van der Waals surface area contributed by atoms with Crippen molar-refractivity contribution < 1.29 is 37.7 Å². The highest BCUT2D eigenvalue weighted by Crippen LogP contribution is 2.45. The summed E-state index contributed by atoms with van der Waals surface area (Å²) in [4.78, 5) is 40.8. The van der Waals surface area contributed by atoms with E-state index in [0.29, 0.717) is 19.7 Å². The number of carboxylic acid groups (broad SMARTS) is 1. The van der Waals surface area contributed by atoms with Crippen molar-refractivity contribution in [3.05, 3.63) is 80.2 Å². The second-order valence-electron chi connectivity index (χ2n) is 11.0. The molecule has 0 saturated carbocycles. The number of methoxy groups -OCH3 is 1. The number of carboxylic acids is 1. The summed E-state index contributed by atoms with van der Waals surface area (Å²) in [6.45, 7) is 5.23. The van der Waals surface area contributed by atoms with Crippen molar-refractivity contribution in [2.75, 3.05) is 58.3 Å². The van der Waals surface area contributed by atoms with Gasteiger partial charge < -0.3 is 30.0 Å². The Kier molecular flexibility index (Phi) is 9.07. The summed E-state index contributed by atoms with van der Waals surface area (Å²) in [7, 11) is 1.69. The maximum absolute atomic E-state index is 11.8. The number of benzene rings is 2. The lowest BCUT2D eigenvalue weighted by atomic mass is 9.84. The SMILES string of the molecule is COc1ccc2[nH]c3c(c2c1)CCN(CCNc1c(O)c(=O)c1=O)[C@]31CCN(CCOc2ccccc2)C1.O=C(O)C(F)(F)F. The van der Waals surface area contributed by atoms with Crippen LogP contribution in [0.3, 0.4) is 0 Å². The van der Waals surface area contributed by atoms with Crippen LogP contribution < -0.4 is 25.6 Å². The molecular weight excluding hydrogens is 597 g/mol. The van der Waals surface area contributed by atoms with E-state index in [2.05, 4.69) is 32.2 Å². The lowest BCUT2D eigenvalue weighted by Crippen LogP contribution is -2.54. The predicted molar refractivity (Wildman–Crippen MR) is 160 cm³/mol. The fourth-order valence-corrected chi connectivity index (χ4v) is 6.15. The molecule has 6 rings (SSSR count). The minimum Gasteiger partial charge on any atom is -0.502 e. The van der Waals surface area contributed by atoms with E-state index in [-0.39, 0.29) is 11.2 Å². The number of hydrogen-bond donors (Lipinski definition) is 4. The number of alkyl halides is 3. The molecule has 4 aromatic rings. The van der Waals surface area contributed by atoms with Crippen molar-refractivity contribution >= 4 is 22.6 Å². The van der Waals surface area contributed by atoms with E-state index in [1.165, 1.54) is 16.6 Å². The molecule has 0 unspecified atom stereocenters. The maximum Gasteiger partial charge on any atom is 0.490 e. The Morgan fingerprint density at radius 1 is 1.07 bits per heavy atom. The van der Waals surface area contributed by atoms with Crippen LogP contribution in [0, 0.1) is 0 Å². The normalized spacial score (nSPS) is 18.5. The number of aromatic nitrogens is 1. The zero-order valence-electron chi connectivity index (χ0n) is 24.4. The number of para-hydroxylation sites is 1. The van der Waals surface area contributed by atoms with Crippen LogP contribution in [0.4, 0.5) is 18.9 Å². The van der Waals surface area contributed by atoms with E-state index in [9.17, 15) is 27.9 Å². The van der Waals surface area contributed by atoms with Gasteiger partial charge in [0.1, 0.15) is 23.8 Å². The third-order valence-corrected chi connectivity index (χ3v) is 8.37. The third kappa shape index (κ3) is 6.47. The second kappa shape index (κ2) is 12.8. The first-order chi connectivity index (χ1) is 21.4. The maximum atomic E-state index is 11.8. The van der Waals surface area contributed by atoms with Crippen molar-refractivity contribution in [1.29, 1.82) is 0 Å². The summed E-state index contributed by atoms with van der Waals surface area (Å²) < 4.78 is 43.2. The van der Waals surface area contributed by atoms with Crippen molar-refractivity contribution in [3.63, 3.8) is 0 Å². The molecule has 1 saturated heterocycles. The molecule has 2 aliphatic heterocycles. The second-order valence-corrected chi connectivity index (χ2v) is 11.0. The van der Waals surface area contributed by atoms with Crippen LogP contribution in [0.1, 0.15) is 17.7 Å². The highest BCUT2D eigenvalue weighted by atomic mass is 19.4. The molecule has 45 heavy (non-hydrogen) atoms. The van der Waals surface area contributed by atoms with Crippen LogP contribution in [-0.4, -0.2) is 90.1 Å². The van der Waals surface area contributed by atoms with Gasteiger partial charge in [-0.2, -0.15) is 13.2 Å². The van der Waals surface area contributed by atoms with Crippen molar-refractivity contribution in [1.82, 2.24) is 14.8 Å². The molecule has 3 aromatic carbocycles. The minimum atomic E-state index is -5.08. The molecule has 240 valence electrons. The van der Waals surface area contributed by atoms with Gasteiger partial charge in [0.05, 0.1) is 12.6 Å². The van der Waals surface area contributed by atoms with Gasteiger partial charge in [0.2, 0.25) is 0 Å². The largest absolute Gasteiger partial charge is 0.502 e. The van der Waals surface area contributed by atoms with Gasteiger partial charge >= 0.3 is 12.1 Å². The molecule has 4 N–H and O–H groups in total. The summed E-state index contributed by atoms with van der Waals surface area (Å²) in [5.74, 6) is -1.49. The minimum absolute atomic E-state index is 0.0329. The molecule has 3 heterocycles. The number of nitrogens with one attached hydrogen (secondary N) is 2. The van der Waals surface area contributed by atoms with Gasteiger partial charge in [0.15, 0.2) is 5.75 Å². The highest BCUT2D eigenvalue weighted by molar-refractivity contribution is 5.87. The van der Waals surface area contributed by atoms with E-state index in [0.717, 1.165) is 56.0 Å². The third-order valence-electron chi connectivity index (χ3n) is 8.37. The van der Waals surface area contributed by atoms with Gasteiger partial charge in [0.25, 0.3) is 10.9 Å². The summed E-state index contributed by atoms with van der Waals surface area (Å²) in [6.07, 6.45) is -3.23. The highest BCUT2D eigenvalue weighted by Gasteiger charge is 2.48. The van der Waals surface area contributed by atoms with Crippen molar-refractivity contribution in [3.8, 4) is 17.2 Å². The first kappa shape index (κ1) is 31.9. The lowest BCUT2D eigenvalue weighted by Gasteiger charge is -2.45. The predicted octanol–water partition coefficient (Wildman–Crippen LogP) is 3.06. The number of anilines is 1. The molecule has 14 heteroatoms. The molecule has 11 nitrogen and oxygen atoms in total.